The maximum atomic E-state index is 12.2. The minimum atomic E-state index is -0.221. The number of anilines is 2. The molecule has 0 aliphatic carbocycles. The van der Waals surface area contributed by atoms with Crippen LogP contribution in [0.3, 0.4) is 0 Å². The molecule has 2 heterocycles. The van der Waals surface area contributed by atoms with E-state index in [1.807, 2.05) is 0 Å². The molecule has 2 aromatic heterocycles. The van der Waals surface area contributed by atoms with E-state index in [-0.39, 0.29) is 5.91 Å². The number of carbonyl (C=O) groups is 1. The van der Waals surface area contributed by atoms with E-state index in [2.05, 4.69) is 32.5 Å². The van der Waals surface area contributed by atoms with Gasteiger partial charge < -0.3 is 10.6 Å². The number of nitrogens with zero attached hydrogens (tertiary/aromatic N) is 3. The van der Waals surface area contributed by atoms with Crippen LogP contribution in [0.1, 0.15) is 29.4 Å². The van der Waals surface area contributed by atoms with Crippen molar-refractivity contribution in [3.63, 3.8) is 0 Å². The summed E-state index contributed by atoms with van der Waals surface area (Å²) >= 11 is 0. The number of carbonyl (C=O) groups excluding carboxylic acids is 1. The molecule has 0 spiro atoms. The molecule has 0 atom stereocenters. The predicted octanol–water partition coefficient (Wildman–Crippen LogP) is 2.12. The summed E-state index contributed by atoms with van der Waals surface area (Å²) in [5, 5.41) is 5.68. The van der Waals surface area contributed by atoms with Crippen LogP contribution in [-0.4, -0.2) is 27.9 Å². The molecule has 0 aliphatic rings. The first-order chi connectivity index (χ1) is 9.72. The second-order valence-electron chi connectivity index (χ2n) is 4.28. The average molecular weight is 271 g/mol. The molecule has 2 rings (SSSR count). The number of amides is 1. The van der Waals surface area contributed by atoms with Crippen LogP contribution >= 0.6 is 0 Å². The second-order valence-corrected chi connectivity index (χ2v) is 4.28. The van der Waals surface area contributed by atoms with Crippen LogP contribution in [0.2, 0.25) is 0 Å². The van der Waals surface area contributed by atoms with E-state index in [9.17, 15) is 4.79 Å². The first-order valence-corrected chi connectivity index (χ1v) is 6.49. The smallest absolute Gasteiger partial charge is 0.257 e. The SMILES string of the molecule is CCCc1cc(C(=O)Nc2cnccn2)cc(NC)n1. The Hall–Kier alpha value is -2.50. The molecule has 0 radical (unpaired) electrons. The quantitative estimate of drug-likeness (QED) is 0.870. The monoisotopic (exact) mass is 271 g/mol. The van der Waals surface area contributed by atoms with Crippen LogP contribution in [0, 0.1) is 0 Å². The molecular formula is C14H17N5O. The Morgan fingerprint density at radius 1 is 1.25 bits per heavy atom. The molecule has 6 nitrogen and oxygen atoms in total. The van der Waals surface area contributed by atoms with E-state index in [1.165, 1.54) is 12.4 Å². The standard InChI is InChI=1S/C14H17N5O/c1-3-4-11-7-10(8-12(15-2)18-11)14(20)19-13-9-16-5-6-17-13/h5-9H,3-4H2,1-2H3,(H,15,18)(H,17,19,20). The summed E-state index contributed by atoms with van der Waals surface area (Å²) < 4.78 is 0. The van der Waals surface area contributed by atoms with E-state index in [0.29, 0.717) is 17.2 Å². The fraction of sp³-hybridized carbons (Fsp3) is 0.286. The van der Waals surface area contributed by atoms with Crippen LogP contribution in [0.25, 0.3) is 0 Å². The summed E-state index contributed by atoms with van der Waals surface area (Å²) in [6, 6.07) is 3.51. The predicted molar refractivity (Wildman–Crippen MR) is 77.8 cm³/mol. The van der Waals surface area contributed by atoms with Crippen LogP contribution < -0.4 is 10.6 Å². The first kappa shape index (κ1) is 13.9. The Labute approximate surface area is 117 Å². The van der Waals surface area contributed by atoms with E-state index in [1.54, 1.807) is 25.4 Å². The molecule has 0 saturated heterocycles. The van der Waals surface area contributed by atoms with Gasteiger partial charge in [-0.15, -0.1) is 0 Å². The van der Waals surface area contributed by atoms with Crippen molar-refractivity contribution in [2.24, 2.45) is 0 Å². The number of rotatable bonds is 5. The zero-order valence-corrected chi connectivity index (χ0v) is 11.6. The van der Waals surface area contributed by atoms with Crippen molar-refractivity contribution in [3.8, 4) is 0 Å². The highest BCUT2D eigenvalue weighted by Gasteiger charge is 2.10. The summed E-state index contributed by atoms with van der Waals surface area (Å²) in [7, 11) is 1.78. The lowest BCUT2D eigenvalue weighted by atomic mass is 10.1. The van der Waals surface area contributed by atoms with E-state index in [4.69, 9.17) is 0 Å². The third-order valence-corrected chi connectivity index (χ3v) is 2.71. The lowest BCUT2D eigenvalue weighted by Crippen LogP contribution is -2.14. The Balaban J connectivity index is 2.22. The molecule has 0 saturated carbocycles. The molecule has 2 N–H and O–H groups in total. The molecule has 0 aliphatic heterocycles. The highest BCUT2D eigenvalue weighted by atomic mass is 16.1. The lowest BCUT2D eigenvalue weighted by Gasteiger charge is -2.08. The lowest BCUT2D eigenvalue weighted by molar-refractivity contribution is 0.102. The summed E-state index contributed by atoms with van der Waals surface area (Å²) in [5.74, 6) is 0.888. The van der Waals surface area contributed by atoms with Gasteiger partial charge in [-0.25, -0.2) is 9.97 Å². The van der Waals surface area contributed by atoms with Crippen LogP contribution in [0.4, 0.5) is 11.6 Å². The number of aryl methyl sites for hydroxylation is 1. The Morgan fingerprint density at radius 2 is 2.10 bits per heavy atom. The molecule has 0 unspecified atom stereocenters. The van der Waals surface area contributed by atoms with Crippen LogP contribution in [-0.2, 0) is 6.42 Å². The van der Waals surface area contributed by atoms with E-state index < -0.39 is 0 Å². The summed E-state index contributed by atoms with van der Waals surface area (Å²) in [6.45, 7) is 2.08. The summed E-state index contributed by atoms with van der Waals surface area (Å²) in [5.41, 5.74) is 1.45. The van der Waals surface area contributed by atoms with Crippen molar-refractivity contribution in [2.75, 3.05) is 17.7 Å². The fourth-order valence-electron chi connectivity index (χ4n) is 1.78. The van der Waals surface area contributed by atoms with Gasteiger partial charge >= 0.3 is 0 Å². The number of hydrogen-bond donors (Lipinski definition) is 2. The summed E-state index contributed by atoms with van der Waals surface area (Å²) in [4.78, 5) is 24.5. The van der Waals surface area contributed by atoms with Gasteiger partial charge in [0.1, 0.15) is 5.82 Å². The van der Waals surface area contributed by atoms with Gasteiger partial charge in [-0.3, -0.25) is 9.78 Å². The summed E-state index contributed by atoms with van der Waals surface area (Å²) in [6.07, 6.45) is 6.40. The normalized spacial score (nSPS) is 10.1. The van der Waals surface area contributed by atoms with E-state index in [0.717, 1.165) is 18.5 Å². The number of hydrogen-bond acceptors (Lipinski definition) is 5. The van der Waals surface area contributed by atoms with Crippen molar-refractivity contribution in [1.82, 2.24) is 15.0 Å². The highest BCUT2D eigenvalue weighted by Crippen LogP contribution is 2.13. The van der Waals surface area contributed by atoms with Gasteiger partial charge in [-0.05, 0) is 18.6 Å². The Bertz CT molecular complexity index is 585. The van der Waals surface area contributed by atoms with Crippen molar-refractivity contribution >= 4 is 17.5 Å². The Morgan fingerprint density at radius 3 is 2.75 bits per heavy atom. The van der Waals surface area contributed by atoms with Crippen molar-refractivity contribution in [3.05, 3.63) is 42.0 Å². The molecule has 0 aromatic carbocycles. The zero-order chi connectivity index (χ0) is 14.4. The molecule has 104 valence electrons. The van der Waals surface area contributed by atoms with Gasteiger partial charge in [0.2, 0.25) is 0 Å². The molecular weight excluding hydrogens is 254 g/mol. The largest absolute Gasteiger partial charge is 0.373 e. The highest BCUT2D eigenvalue weighted by molar-refractivity contribution is 6.04. The molecule has 2 aromatic rings. The van der Waals surface area contributed by atoms with Gasteiger partial charge in [0.05, 0.1) is 6.20 Å². The molecule has 1 amide bonds. The third kappa shape index (κ3) is 3.50. The van der Waals surface area contributed by atoms with Gasteiger partial charge in [0, 0.05) is 30.7 Å². The number of nitrogens with one attached hydrogen (secondary N) is 2. The van der Waals surface area contributed by atoms with Gasteiger partial charge in [-0.1, -0.05) is 13.3 Å². The number of aromatic nitrogens is 3. The Kier molecular flexibility index (Phi) is 4.60. The van der Waals surface area contributed by atoms with Gasteiger partial charge in [-0.2, -0.15) is 0 Å². The maximum absolute atomic E-state index is 12.2. The first-order valence-electron chi connectivity index (χ1n) is 6.49. The fourth-order valence-corrected chi connectivity index (χ4v) is 1.78. The maximum Gasteiger partial charge on any atom is 0.257 e. The van der Waals surface area contributed by atoms with Crippen LogP contribution in [0.5, 0.6) is 0 Å². The van der Waals surface area contributed by atoms with Crippen molar-refractivity contribution in [1.29, 1.82) is 0 Å². The third-order valence-electron chi connectivity index (χ3n) is 2.71. The molecule has 0 fully saturated rings. The minimum absolute atomic E-state index is 0.221. The number of pyridine rings is 1. The van der Waals surface area contributed by atoms with Crippen molar-refractivity contribution < 1.29 is 4.79 Å². The second kappa shape index (κ2) is 6.60. The molecule has 0 bridgehead atoms. The van der Waals surface area contributed by atoms with Crippen molar-refractivity contribution in [2.45, 2.75) is 19.8 Å². The van der Waals surface area contributed by atoms with Gasteiger partial charge in [0.25, 0.3) is 5.91 Å². The molecule has 20 heavy (non-hydrogen) atoms. The minimum Gasteiger partial charge on any atom is -0.373 e. The molecule has 6 heteroatoms. The van der Waals surface area contributed by atoms with Gasteiger partial charge in [0.15, 0.2) is 5.82 Å². The average Bonchev–Trinajstić information content (AvgIpc) is 2.48. The van der Waals surface area contributed by atoms with Crippen LogP contribution in [0.15, 0.2) is 30.7 Å². The van der Waals surface area contributed by atoms with E-state index >= 15 is 0 Å². The zero-order valence-electron chi connectivity index (χ0n) is 11.6. The topological polar surface area (TPSA) is 79.8 Å².